The van der Waals surface area contributed by atoms with Crippen molar-refractivity contribution < 1.29 is 4.79 Å². The number of hydrogen-bond donors (Lipinski definition) is 1. The van der Waals surface area contributed by atoms with Crippen LogP contribution < -0.4 is 15.8 Å². The van der Waals surface area contributed by atoms with E-state index in [1.54, 1.807) is 20.0 Å². The van der Waals surface area contributed by atoms with Crippen molar-refractivity contribution >= 4 is 11.7 Å². The number of anilines is 1. The average molecular weight is 327 g/mol. The Balaban J connectivity index is 1.59. The van der Waals surface area contributed by atoms with Crippen molar-refractivity contribution in [2.45, 2.75) is 32.9 Å². The Kier molecular flexibility index (Phi) is 4.59. The minimum atomic E-state index is -0.171. The van der Waals surface area contributed by atoms with E-state index in [1.165, 1.54) is 10.9 Å². The average Bonchev–Trinajstić information content (AvgIpc) is 3.04. The highest BCUT2D eigenvalue weighted by Gasteiger charge is 2.24. The predicted molar refractivity (Wildman–Crippen MR) is 91.0 cm³/mol. The summed E-state index contributed by atoms with van der Waals surface area (Å²) < 4.78 is 1.35. The Labute approximate surface area is 140 Å². The number of aryl methyl sites for hydroxylation is 1. The minimum absolute atomic E-state index is 0.00690. The van der Waals surface area contributed by atoms with Crippen LogP contribution in [0.25, 0.3) is 0 Å². The Bertz CT molecular complexity index is 787. The van der Waals surface area contributed by atoms with Gasteiger partial charge in [0.25, 0.3) is 5.56 Å². The van der Waals surface area contributed by atoms with Crippen LogP contribution in [0.1, 0.15) is 17.7 Å². The van der Waals surface area contributed by atoms with E-state index in [-0.39, 0.29) is 24.1 Å². The number of rotatable bonds is 4. The monoisotopic (exact) mass is 327 g/mol. The molecule has 1 aliphatic rings. The molecule has 3 rings (SSSR count). The number of nitrogens with zero attached hydrogens (tertiary/aromatic N) is 4. The van der Waals surface area contributed by atoms with Gasteiger partial charge in [0.05, 0.1) is 6.33 Å². The SMILES string of the molecule is Cc1ncn(CC(=O)NC2CCN(c3ccccn3)C2)c(=O)c1C. The van der Waals surface area contributed by atoms with E-state index in [4.69, 9.17) is 0 Å². The van der Waals surface area contributed by atoms with Crippen LogP contribution in [0.3, 0.4) is 0 Å². The second kappa shape index (κ2) is 6.82. The summed E-state index contributed by atoms with van der Waals surface area (Å²) in [5.74, 6) is 0.749. The molecule has 1 fully saturated rings. The molecule has 1 unspecified atom stereocenters. The van der Waals surface area contributed by atoms with E-state index in [1.807, 2.05) is 18.2 Å². The fraction of sp³-hybridized carbons (Fsp3) is 0.412. The highest BCUT2D eigenvalue weighted by atomic mass is 16.2. The predicted octanol–water partition coefficient (Wildman–Crippen LogP) is 0.650. The Hall–Kier alpha value is -2.70. The van der Waals surface area contributed by atoms with E-state index in [9.17, 15) is 9.59 Å². The van der Waals surface area contributed by atoms with Crippen molar-refractivity contribution in [1.82, 2.24) is 19.9 Å². The summed E-state index contributed by atoms with van der Waals surface area (Å²) in [4.78, 5) is 35.0. The first-order chi connectivity index (χ1) is 11.5. The van der Waals surface area contributed by atoms with Crippen molar-refractivity contribution in [3.63, 3.8) is 0 Å². The summed E-state index contributed by atoms with van der Waals surface area (Å²) in [5, 5.41) is 2.99. The molecule has 0 aromatic carbocycles. The summed E-state index contributed by atoms with van der Waals surface area (Å²) in [7, 11) is 0. The molecule has 2 aromatic heterocycles. The quantitative estimate of drug-likeness (QED) is 0.892. The summed E-state index contributed by atoms with van der Waals surface area (Å²) in [6, 6.07) is 5.86. The number of amides is 1. The molecule has 7 nitrogen and oxygen atoms in total. The van der Waals surface area contributed by atoms with Crippen LogP contribution in [0.4, 0.5) is 5.82 Å². The molecule has 126 valence electrons. The molecule has 24 heavy (non-hydrogen) atoms. The number of hydrogen-bond acceptors (Lipinski definition) is 5. The van der Waals surface area contributed by atoms with Gasteiger partial charge in [-0.2, -0.15) is 0 Å². The number of carbonyl (C=O) groups is 1. The lowest BCUT2D eigenvalue weighted by atomic mass is 10.2. The van der Waals surface area contributed by atoms with Gasteiger partial charge < -0.3 is 10.2 Å². The zero-order valence-electron chi connectivity index (χ0n) is 13.9. The van der Waals surface area contributed by atoms with Gasteiger partial charge in [-0.25, -0.2) is 9.97 Å². The third kappa shape index (κ3) is 3.45. The zero-order valence-corrected chi connectivity index (χ0v) is 13.9. The van der Waals surface area contributed by atoms with Crippen LogP contribution in [-0.4, -0.2) is 39.6 Å². The number of pyridine rings is 1. The molecule has 1 N–H and O–H groups in total. The van der Waals surface area contributed by atoms with Crippen molar-refractivity contribution in [3.05, 3.63) is 52.3 Å². The van der Waals surface area contributed by atoms with Crippen molar-refractivity contribution in [2.24, 2.45) is 0 Å². The van der Waals surface area contributed by atoms with E-state index in [0.29, 0.717) is 11.3 Å². The highest BCUT2D eigenvalue weighted by Crippen LogP contribution is 2.17. The first kappa shape index (κ1) is 16.2. The number of carbonyl (C=O) groups excluding carboxylic acids is 1. The molecule has 1 aliphatic heterocycles. The molecule has 0 aliphatic carbocycles. The number of nitrogens with one attached hydrogen (secondary N) is 1. The van der Waals surface area contributed by atoms with Crippen molar-refractivity contribution in [3.8, 4) is 0 Å². The maximum absolute atomic E-state index is 12.2. The van der Waals surface area contributed by atoms with Gasteiger partial charge in [-0.15, -0.1) is 0 Å². The molecule has 3 heterocycles. The largest absolute Gasteiger partial charge is 0.354 e. The smallest absolute Gasteiger partial charge is 0.256 e. The molecule has 2 aromatic rings. The van der Waals surface area contributed by atoms with E-state index >= 15 is 0 Å². The number of aromatic nitrogens is 3. The van der Waals surface area contributed by atoms with Crippen LogP contribution >= 0.6 is 0 Å². The molecule has 7 heteroatoms. The normalized spacial score (nSPS) is 17.1. The van der Waals surface area contributed by atoms with Crippen molar-refractivity contribution in [2.75, 3.05) is 18.0 Å². The van der Waals surface area contributed by atoms with E-state index in [0.717, 1.165) is 25.3 Å². The van der Waals surface area contributed by atoms with Crippen LogP contribution in [0.5, 0.6) is 0 Å². The standard InChI is InChI=1S/C17H21N5O2/c1-12-13(2)19-11-22(17(12)24)10-16(23)20-14-6-8-21(9-14)15-5-3-4-7-18-15/h3-5,7,11,14H,6,8-10H2,1-2H3,(H,20,23). The first-order valence-electron chi connectivity index (χ1n) is 8.02. The lowest BCUT2D eigenvalue weighted by Crippen LogP contribution is -2.40. The fourth-order valence-electron chi connectivity index (χ4n) is 2.84. The second-order valence-electron chi connectivity index (χ2n) is 6.08. The molecular weight excluding hydrogens is 306 g/mol. The van der Waals surface area contributed by atoms with Crippen molar-refractivity contribution in [1.29, 1.82) is 0 Å². The Morgan fingerprint density at radius 2 is 2.17 bits per heavy atom. The van der Waals surface area contributed by atoms with E-state index in [2.05, 4.69) is 20.2 Å². The second-order valence-corrected chi connectivity index (χ2v) is 6.08. The molecule has 0 spiro atoms. The van der Waals surface area contributed by atoms with Crippen LogP contribution in [0, 0.1) is 13.8 Å². The molecule has 1 saturated heterocycles. The van der Waals surface area contributed by atoms with Gasteiger partial charge in [0.15, 0.2) is 0 Å². The lowest BCUT2D eigenvalue weighted by Gasteiger charge is -2.18. The third-order valence-corrected chi connectivity index (χ3v) is 4.36. The summed E-state index contributed by atoms with van der Waals surface area (Å²) in [6.07, 6.45) is 4.06. The van der Waals surface area contributed by atoms with Crippen LogP contribution in [0.2, 0.25) is 0 Å². The molecule has 0 bridgehead atoms. The maximum Gasteiger partial charge on any atom is 0.256 e. The highest BCUT2D eigenvalue weighted by molar-refractivity contribution is 5.76. The minimum Gasteiger partial charge on any atom is -0.354 e. The summed E-state index contributed by atoms with van der Waals surface area (Å²) in [6.45, 7) is 5.08. The van der Waals surface area contributed by atoms with Gasteiger partial charge in [0, 0.05) is 36.6 Å². The molecule has 1 atom stereocenters. The zero-order chi connectivity index (χ0) is 17.1. The van der Waals surface area contributed by atoms with Gasteiger partial charge in [0.2, 0.25) is 5.91 Å². The molecule has 1 amide bonds. The molecule has 0 radical (unpaired) electrons. The third-order valence-electron chi connectivity index (χ3n) is 4.36. The van der Waals surface area contributed by atoms with Crippen LogP contribution in [0.15, 0.2) is 35.5 Å². The maximum atomic E-state index is 12.2. The Morgan fingerprint density at radius 1 is 1.33 bits per heavy atom. The fourth-order valence-corrected chi connectivity index (χ4v) is 2.84. The van der Waals surface area contributed by atoms with Gasteiger partial charge in [-0.1, -0.05) is 6.07 Å². The summed E-state index contributed by atoms with van der Waals surface area (Å²) in [5.41, 5.74) is 1.10. The van der Waals surface area contributed by atoms with Gasteiger partial charge in [-0.05, 0) is 32.4 Å². The first-order valence-corrected chi connectivity index (χ1v) is 8.02. The van der Waals surface area contributed by atoms with Gasteiger partial charge in [-0.3, -0.25) is 14.2 Å². The summed E-state index contributed by atoms with van der Waals surface area (Å²) >= 11 is 0. The molecular formula is C17H21N5O2. The lowest BCUT2D eigenvalue weighted by molar-refractivity contribution is -0.122. The Morgan fingerprint density at radius 3 is 2.92 bits per heavy atom. The van der Waals surface area contributed by atoms with Gasteiger partial charge >= 0.3 is 0 Å². The topological polar surface area (TPSA) is 80.1 Å². The van der Waals surface area contributed by atoms with Crippen LogP contribution in [-0.2, 0) is 11.3 Å². The van der Waals surface area contributed by atoms with E-state index < -0.39 is 0 Å². The molecule has 0 saturated carbocycles. The van der Waals surface area contributed by atoms with Gasteiger partial charge in [0.1, 0.15) is 12.4 Å².